The Bertz CT molecular complexity index is 441. The van der Waals surface area contributed by atoms with Gasteiger partial charge in [0.15, 0.2) is 0 Å². The summed E-state index contributed by atoms with van der Waals surface area (Å²) in [4.78, 5) is 2.48. The van der Waals surface area contributed by atoms with E-state index in [0.717, 1.165) is 38.7 Å². The molecule has 0 spiro atoms. The molecule has 2 unspecified atom stereocenters. The van der Waals surface area contributed by atoms with E-state index < -0.39 is 0 Å². The molecule has 1 N–H and O–H groups in total. The van der Waals surface area contributed by atoms with Gasteiger partial charge in [-0.05, 0) is 37.8 Å². The van der Waals surface area contributed by atoms with Crippen molar-refractivity contribution in [3.05, 3.63) is 35.4 Å². The summed E-state index contributed by atoms with van der Waals surface area (Å²) in [5, 5.41) is 3.78. The molecular formula is C18H28N2O. The maximum absolute atomic E-state index is 5.91. The molecule has 1 aliphatic carbocycles. The fourth-order valence-corrected chi connectivity index (χ4v) is 3.21. The molecule has 1 saturated heterocycles. The number of benzene rings is 1. The van der Waals surface area contributed by atoms with Crippen molar-refractivity contribution in [3.8, 4) is 0 Å². The normalized spacial score (nSPS) is 25.0. The van der Waals surface area contributed by atoms with Crippen LogP contribution in [0.5, 0.6) is 0 Å². The van der Waals surface area contributed by atoms with E-state index in [1.54, 1.807) is 0 Å². The van der Waals surface area contributed by atoms with E-state index >= 15 is 0 Å². The average molecular weight is 288 g/mol. The van der Waals surface area contributed by atoms with Crippen LogP contribution < -0.4 is 5.32 Å². The van der Waals surface area contributed by atoms with E-state index in [1.807, 2.05) is 0 Å². The van der Waals surface area contributed by atoms with Crippen LogP contribution in [-0.2, 0) is 4.74 Å². The van der Waals surface area contributed by atoms with Gasteiger partial charge in [-0.15, -0.1) is 0 Å². The first-order valence-electron chi connectivity index (χ1n) is 8.40. The lowest BCUT2D eigenvalue weighted by atomic mass is 10.0. The van der Waals surface area contributed by atoms with Gasteiger partial charge >= 0.3 is 0 Å². The largest absolute Gasteiger partial charge is 0.374 e. The van der Waals surface area contributed by atoms with Crippen LogP contribution >= 0.6 is 0 Å². The van der Waals surface area contributed by atoms with Crippen LogP contribution in [0, 0.1) is 12.8 Å². The highest BCUT2D eigenvalue weighted by Gasteiger charge is 2.32. The fourth-order valence-electron chi connectivity index (χ4n) is 3.21. The Kier molecular flexibility index (Phi) is 4.94. The van der Waals surface area contributed by atoms with Gasteiger partial charge in [0.25, 0.3) is 0 Å². The molecule has 116 valence electrons. The van der Waals surface area contributed by atoms with Crippen LogP contribution in [0.1, 0.15) is 36.9 Å². The number of nitrogens with one attached hydrogen (secondary N) is 1. The lowest BCUT2D eigenvalue weighted by Gasteiger charge is -2.33. The Morgan fingerprint density at radius 1 is 1.29 bits per heavy atom. The number of aryl methyl sites for hydroxylation is 1. The summed E-state index contributed by atoms with van der Waals surface area (Å²) in [5.41, 5.74) is 2.77. The predicted molar refractivity (Wildman–Crippen MR) is 86.5 cm³/mol. The molecule has 3 nitrogen and oxygen atoms in total. The average Bonchev–Trinajstić information content (AvgIpc) is 3.34. The first-order valence-corrected chi connectivity index (χ1v) is 8.40. The van der Waals surface area contributed by atoms with Crippen molar-refractivity contribution in [2.75, 3.05) is 32.8 Å². The first kappa shape index (κ1) is 15.0. The minimum Gasteiger partial charge on any atom is -0.374 e. The number of hydrogen-bond acceptors (Lipinski definition) is 3. The fraction of sp³-hybridized carbons (Fsp3) is 0.667. The van der Waals surface area contributed by atoms with E-state index in [1.165, 1.54) is 24.0 Å². The third-order valence-electron chi connectivity index (χ3n) is 4.77. The Labute approximate surface area is 128 Å². The standard InChI is InChI=1S/C18H28N2O/c1-3-20-10-11-21-17(13-20)12-19-18(16-8-9-16)15-6-4-14(2)5-7-15/h4-7,16-19H,3,8-13H2,1-2H3. The number of nitrogens with zero attached hydrogens (tertiary/aromatic N) is 1. The second-order valence-corrected chi connectivity index (χ2v) is 6.52. The third-order valence-corrected chi connectivity index (χ3v) is 4.77. The highest BCUT2D eigenvalue weighted by Crippen LogP contribution is 2.41. The maximum Gasteiger partial charge on any atom is 0.0826 e. The molecule has 2 atom stereocenters. The van der Waals surface area contributed by atoms with Gasteiger partial charge in [0.1, 0.15) is 0 Å². The van der Waals surface area contributed by atoms with Crippen molar-refractivity contribution >= 4 is 0 Å². The van der Waals surface area contributed by atoms with E-state index in [0.29, 0.717) is 12.1 Å². The van der Waals surface area contributed by atoms with Crippen LogP contribution in [-0.4, -0.2) is 43.8 Å². The van der Waals surface area contributed by atoms with Crippen molar-refractivity contribution in [1.82, 2.24) is 10.2 Å². The highest BCUT2D eigenvalue weighted by atomic mass is 16.5. The number of ether oxygens (including phenoxy) is 1. The monoisotopic (exact) mass is 288 g/mol. The molecule has 0 radical (unpaired) electrons. The molecule has 2 aliphatic rings. The topological polar surface area (TPSA) is 24.5 Å². The minimum atomic E-state index is 0.338. The lowest BCUT2D eigenvalue weighted by Crippen LogP contribution is -2.47. The van der Waals surface area contributed by atoms with Gasteiger partial charge in [0.05, 0.1) is 12.7 Å². The van der Waals surface area contributed by atoms with Gasteiger partial charge < -0.3 is 10.1 Å². The van der Waals surface area contributed by atoms with Gasteiger partial charge in [-0.1, -0.05) is 36.8 Å². The van der Waals surface area contributed by atoms with Crippen LogP contribution in [0.3, 0.4) is 0 Å². The van der Waals surface area contributed by atoms with Gasteiger partial charge in [0.2, 0.25) is 0 Å². The van der Waals surface area contributed by atoms with E-state index in [2.05, 4.69) is 48.3 Å². The zero-order chi connectivity index (χ0) is 14.7. The summed E-state index contributed by atoms with van der Waals surface area (Å²) in [6, 6.07) is 9.52. The SMILES string of the molecule is CCN1CCOC(CNC(c2ccc(C)cc2)C2CC2)C1. The molecule has 0 aromatic heterocycles. The van der Waals surface area contributed by atoms with Crippen molar-refractivity contribution in [1.29, 1.82) is 0 Å². The predicted octanol–water partition coefficient (Wildman–Crippen LogP) is 2.76. The molecule has 1 aromatic carbocycles. The Morgan fingerprint density at radius 2 is 2.05 bits per heavy atom. The summed E-state index contributed by atoms with van der Waals surface area (Å²) in [6.07, 6.45) is 3.06. The molecule has 0 bridgehead atoms. The van der Waals surface area contributed by atoms with Crippen molar-refractivity contribution in [2.45, 2.75) is 38.8 Å². The van der Waals surface area contributed by atoms with Crippen molar-refractivity contribution < 1.29 is 4.74 Å². The number of hydrogen-bond donors (Lipinski definition) is 1. The van der Waals surface area contributed by atoms with Crippen LogP contribution in [0.25, 0.3) is 0 Å². The van der Waals surface area contributed by atoms with Gasteiger partial charge in [-0.3, -0.25) is 4.90 Å². The minimum absolute atomic E-state index is 0.338. The number of rotatable bonds is 6. The van der Waals surface area contributed by atoms with Gasteiger partial charge in [-0.2, -0.15) is 0 Å². The smallest absolute Gasteiger partial charge is 0.0826 e. The van der Waals surface area contributed by atoms with Crippen LogP contribution in [0.4, 0.5) is 0 Å². The van der Waals surface area contributed by atoms with Gasteiger partial charge in [-0.25, -0.2) is 0 Å². The second-order valence-electron chi connectivity index (χ2n) is 6.52. The molecular weight excluding hydrogens is 260 g/mol. The third kappa shape index (κ3) is 4.06. The van der Waals surface area contributed by atoms with E-state index in [9.17, 15) is 0 Å². The highest BCUT2D eigenvalue weighted by molar-refractivity contribution is 5.25. The summed E-state index contributed by atoms with van der Waals surface area (Å²) >= 11 is 0. The Morgan fingerprint density at radius 3 is 2.71 bits per heavy atom. The van der Waals surface area contributed by atoms with Crippen LogP contribution in [0.15, 0.2) is 24.3 Å². The molecule has 1 aliphatic heterocycles. The Hall–Kier alpha value is -0.900. The number of morpholine rings is 1. The molecule has 3 rings (SSSR count). The van der Waals surface area contributed by atoms with Crippen molar-refractivity contribution in [2.24, 2.45) is 5.92 Å². The van der Waals surface area contributed by atoms with Gasteiger partial charge in [0, 0.05) is 25.7 Å². The summed E-state index contributed by atoms with van der Waals surface area (Å²) in [5.74, 6) is 0.818. The van der Waals surface area contributed by atoms with E-state index in [-0.39, 0.29) is 0 Å². The molecule has 3 heteroatoms. The zero-order valence-electron chi connectivity index (χ0n) is 13.3. The molecule has 0 amide bonds. The number of likely N-dealkylation sites (N-methyl/N-ethyl adjacent to an activating group) is 1. The van der Waals surface area contributed by atoms with Crippen LogP contribution in [0.2, 0.25) is 0 Å². The molecule has 21 heavy (non-hydrogen) atoms. The lowest BCUT2D eigenvalue weighted by molar-refractivity contribution is -0.0266. The maximum atomic E-state index is 5.91. The zero-order valence-corrected chi connectivity index (χ0v) is 13.3. The Balaban J connectivity index is 1.57. The molecule has 2 fully saturated rings. The summed E-state index contributed by atoms with van der Waals surface area (Å²) in [6.45, 7) is 9.49. The second kappa shape index (κ2) is 6.91. The first-order chi connectivity index (χ1) is 10.3. The molecule has 1 heterocycles. The van der Waals surface area contributed by atoms with E-state index in [4.69, 9.17) is 4.74 Å². The summed E-state index contributed by atoms with van der Waals surface area (Å²) < 4.78 is 5.91. The molecule has 1 aromatic rings. The van der Waals surface area contributed by atoms with Crippen molar-refractivity contribution in [3.63, 3.8) is 0 Å². The molecule has 1 saturated carbocycles. The quantitative estimate of drug-likeness (QED) is 0.871. The summed E-state index contributed by atoms with van der Waals surface area (Å²) in [7, 11) is 0.